The van der Waals surface area contributed by atoms with E-state index in [0.29, 0.717) is 0 Å². The first-order valence-electron chi connectivity index (χ1n) is 2.73. The maximum absolute atomic E-state index is 10.9. The molecule has 0 bridgehead atoms. The Bertz CT molecular complexity index is 319. The molecule has 1 aromatic rings. The molecular formula is C6HCl3INO. The zero-order valence-electron chi connectivity index (χ0n) is 5.44. The average Bonchev–Trinajstić information content (AvgIpc) is 1.82. The van der Waals surface area contributed by atoms with Gasteiger partial charge in [-0.3, -0.25) is 4.79 Å². The summed E-state index contributed by atoms with van der Waals surface area (Å²) < 4.78 is -0.258. The molecule has 0 spiro atoms. The van der Waals surface area contributed by atoms with Gasteiger partial charge >= 0.3 is 0 Å². The van der Waals surface area contributed by atoms with E-state index < -0.39 is 0 Å². The number of nitrogens with zero attached hydrogens (tertiary/aromatic N) is 1. The van der Waals surface area contributed by atoms with Crippen molar-refractivity contribution in [2.75, 3.05) is 0 Å². The highest BCUT2D eigenvalue weighted by atomic mass is 127. The minimum atomic E-state index is -0.258. The van der Waals surface area contributed by atoms with Gasteiger partial charge in [-0.15, -0.1) is 0 Å². The molecule has 6 heteroatoms. The number of halogens is 4. The van der Waals surface area contributed by atoms with Crippen LogP contribution >= 0.6 is 57.4 Å². The highest BCUT2D eigenvalue weighted by Gasteiger charge is 2.14. The lowest BCUT2D eigenvalue weighted by Crippen LogP contribution is -1.94. The summed E-state index contributed by atoms with van der Waals surface area (Å²) in [6.07, 6.45) is 0. The molecule has 0 aromatic carbocycles. The van der Waals surface area contributed by atoms with Crippen molar-refractivity contribution in [3.05, 3.63) is 27.0 Å². The number of aromatic nitrogens is 1. The molecule has 0 N–H and O–H groups in total. The Labute approximate surface area is 97.3 Å². The molecule has 0 radical (unpaired) electrons. The van der Waals surface area contributed by atoms with Crippen molar-refractivity contribution in [1.29, 1.82) is 0 Å². The van der Waals surface area contributed by atoms with Gasteiger partial charge in [0.1, 0.15) is 10.3 Å². The van der Waals surface area contributed by atoms with Gasteiger partial charge in [-0.1, -0.05) is 34.8 Å². The van der Waals surface area contributed by atoms with E-state index in [1.807, 2.05) is 0 Å². The van der Waals surface area contributed by atoms with Crippen molar-refractivity contribution in [3.63, 3.8) is 0 Å². The van der Waals surface area contributed by atoms with Gasteiger partial charge in [-0.25, -0.2) is 4.98 Å². The van der Waals surface area contributed by atoms with E-state index in [-0.39, 0.29) is 24.7 Å². The zero-order valence-corrected chi connectivity index (χ0v) is 9.87. The lowest BCUT2D eigenvalue weighted by Gasteiger charge is -2.00. The van der Waals surface area contributed by atoms with Crippen LogP contribution in [0.1, 0.15) is 10.4 Å². The van der Waals surface area contributed by atoms with Crippen LogP contribution in [0.25, 0.3) is 0 Å². The van der Waals surface area contributed by atoms with Gasteiger partial charge < -0.3 is 0 Å². The van der Waals surface area contributed by atoms with Crippen LogP contribution in [0.3, 0.4) is 0 Å². The van der Waals surface area contributed by atoms with Crippen LogP contribution in [0.15, 0.2) is 6.07 Å². The quantitative estimate of drug-likeness (QED) is 0.445. The van der Waals surface area contributed by atoms with E-state index >= 15 is 0 Å². The summed E-state index contributed by atoms with van der Waals surface area (Å²) >= 11 is 18.4. The number of rotatable bonds is 1. The average molecular weight is 336 g/mol. The van der Waals surface area contributed by atoms with E-state index in [1.54, 1.807) is 22.6 Å². The molecule has 0 amide bonds. The Balaban J connectivity index is 3.38. The second kappa shape index (κ2) is 4.09. The molecule has 1 rings (SSSR count). The molecule has 1 heterocycles. The molecule has 0 fully saturated rings. The summed E-state index contributed by atoms with van der Waals surface area (Å²) in [7, 11) is 0. The van der Waals surface area contributed by atoms with Crippen molar-refractivity contribution >= 4 is 61.2 Å². The first-order chi connectivity index (χ1) is 5.52. The van der Waals surface area contributed by atoms with Crippen LogP contribution in [0.4, 0.5) is 0 Å². The molecule has 0 aliphatic heterocycles. The smallest absolute Gasteiger partial charge is 0.227 e. The Morgan fingerprint density at radius 3 is 2.42 bits per heavy atom. The van der Waals surface area contributed by atoms with Crippen LogP contribution in [-0.2, 0) is 0 Å². The van der Waals surface area contributed by atoms with Crippen LogP contribution < -0.4 is 0 Å². The summed E-state index contributed by atoms with van der Waals surface area (Å²) in [5.74, 6) is 0. The fourth-order valence-electron chi connectivity index (χ4n) is 0.632. The number of hydrogen-bond donors (Lipinski definition) is 0. The monoisotopic (exact) mass is 335 g/mol. The lowest BCUT2D eigenvalue weighted by molar-refractivity contribution is 0.110. The predicted octanol–water partition coefficient (Wildman–Crippen LogP) is 3.62. The van der Waals surface area contributed by atoms with Crippen molar-refractivity contribution in [1.82, 2.24) is 4.98 Å². The third-order valence-electron chi connectivity index (χ3n) is 1.09. The van der Waals surface area contributed by atoms with E-state index in [1.165, 1.54) is 6.07 Å². The first kappa shape index (κ1) is 10.5. The van der Waals surface area contributed by atoms with Gasteiger partial charge in [0.15, 0.2) is 0 Å². The molecule has 0 saturated carbocycles. The third kappa shape index (κ3) is 2.22. The fraction of sp³-hybridized carbons (Fsp3) is 0. The minimum absolute atomic E-state index is 0.0342. The van der Waals surface area contributed by atoms with Crippen molar-refractivity contribution in [2.45, 2.75) is 0 Å². The molecule has 0 atom stereocenters. The number of carbonyl (C=O) groups is 1. The van der Waals surface area contributed by atoms with E-state index in [9.17, 15) is 4.79 Å². The van der Waals surface area contributed by atoms with E-state index in [4.69, 9.17) is 34.8 Å². The molecule has 12 heavy (non-hydrogen) atoms. The topological polar surface area (TPSA) is 30.0 Å². The molecule has 64 valence electrons. The highest BCUT2D eigenvalue weighted by Crippen LogP contribution is 2.27. The van der Waals surface area contributed by atoms with Gasteiger partial charge in [-0.05, 0) is 6.07 Å². The minimum Gasteiger partial charge on any atom is -0.282 e. The Morgan fingerprint density at radius 2 is 2.00 bits per heavy atom. The van der Waals surface area contributed by atoms with Crippen LogP contribution in [0.5, 0.6) is 0 Å². The highest BCUT2D eigenvalue weighted by molar-refractivity contribution is 14.1. The van der Waals surface area contributed by atoms with Gasteiger partial charge in [-0.2, -0.15) is 0 Å². The van der Waals surface area contributed by atoms with E-state index in [0.717, 1.165) is 0 Å². The predicted molar refractivity (Wildman–Crippen MR) is 57.6 cm³/mol. The van der Waals surface area contributed by atoms with Crippen LogP contribution in [0, 0.1) is 0 Å². The first-order valence-corrected chi connectivity index (χ1v) is 4.95. The van der Waals surface area contributed by atoms with Crippen LogP contribution in [-0.4, -0.2) is 8.77 Å². The molecule has 1 aromatic heterocycles. The fourth-order valence-corrected chi connectivity index (χ4v) is 2.40. The number of hydrogen-bond acceptors (Lipinski definition) is 2. The second-order valence-electron chi connectivity index (χ2n) is 1.87. The van der Waals surface area contributed by atoms with Gasteiger partial charge in [0, 0.05) is 22.6 Å². The maximum atomic E-state index is 10.9. The summed E-state index contributed by atoms with van der Waals surface area (Å²) in [6, 6.07) is 1.38. The Hall–Kier alpha value is 0.420. The van der Waals surface area contributed by atoms with Gasteiger partial charge in [0.25, 0.3) is 0 Å². The maximum Gasteiger partial charge on any atom is 0.227 e. The van der Waals surface area contributed by atoms with Crippen molar-refractivity contribution in [2.24, 2.45) is 0 Å². The number of carbonyl (C=O) groups excluding carboxylic acids is 1. The normalized spacial score (nSPS) is 10.0. The summed E-state index contributed by atoms with van der Waals surface area (Å²) in [4.78, 5) is 14.6. The largest absolute Gasteiger partial charge is 0.282 e. The molecule has 2 nitrogen and oxygen atoms in total. The number of pyridine rings is 1. The lowest BCUT2D eigenvalue weighted by atomic mass is 10.3. The Morgan fingerprint density at radius 1 is 1.42 bits per heavy atom. The molecule has 0 aliphatic rings. The van der Waals surface area contributed by atoms with E-state index in [2.05, 4.69) is 4.98 Å². The second-order valence-corrected chi connectivity index (χ2v) is 4.00. The summed E-state index contributed by atoms with van der Waals surface area (Å²) in [6.45, 7) is 0. The molecule has 0 saturated heterocycles. The van der Waals surface area contributed by atoms with Crippen LogP contribution in [0.2, 0.25) is 15.3 Å². The molecular weight excluding hydrogens is 335 g/mol. The summed E-state index contributed by atoms with van der Waals surface area (Å²) in [5, 5.41) is 0.428. The zero-order chi connectivity index (χ0) is 9.30. The summed E-state index contributed by atoms with van der Waals surface area (Å²) in [5.41, 5.74) is 0.198. The van der Waals surface area contributed by atoms with Crippen molar-refractivity contribution < 1.29 is 4.79 Å². The standard InChI is InChI=1S/C6HCl3INO/c7-2-1-3(8)11-5(9)4(2)6(10)12/h1H. The van der Waals surface area contributed by atoms with Gasteiger partial charge in [0.2, 0.25) is 3.79 Å². The SMILES string of the molecule is O=C(I)c1c(Cl)cc(Cl)nc1Cl. The third-order valence-corrected chi connectivity index (χ3v) is 2.40. The Kier molecular flexibility index (Phi) is 3.58. The molecule has 0 unspecified atom stereocenters. The van der Waals surface area contributed by atoms with Gasteiger partial charge in [0.05, 0.1) is 10.6 Å². The molecule has 0 aliphatic carbocycles. The van der Waals surface area contributed by atoms with Crippen molar-refractivity contribution in [3.8, 4) is 0 Å².